The topological polar surface area (TPSA) is 95.5 Å². The van der Waals surface area contributed by atoms with Gasteiger partial charge in [-0.3, -0.25) is 9.59 Å². The molecule has 0 spiro atoms. The van der Waals surface area contributed by atoms with E-state index >= 15 is 0 Å². The van der Waals surface area contributed by atoms with Crippen LogP contribution in [0.1, 0.15) is 6.92 Å². The molecule has 6 nitrogen and oxygen atoms in total. The summed E-state index contributed by atoms with van der Waals surface area (Å²) in [4.78, 5) is 31.7. The zero-order chi connectivity index (χ0) is 12.1. The molecule has 0 atom stereocenters. The fraction of sp³-hybridized carbons (Fsp3) is 0.100. The van der Waals surface area contributed by atoms with Crippen molar-refractivity contribution in [2.24, 2.45) is 0 Å². The van der Waals surface area contributed by atoms with Gasteiger partial charge in [0.15, 0.2) is 0 Å². The maximum atomic E-state index is 10.8. The van der Waals surface area contributed by atoms with E-state index in [1.807, 2.05) is 0 Å². The van der Waals surface area contributed by atoms with Gasteiger partial charge in [0.05, 0.1) is 0 Å². The standard InChI is InChI=1S/C10H10N2O4/c1-6(13)11-7-2-4-8(5-3-7)12-9(14)10(15)16/h2-5H,1H3,(H,11,13)(H,12,14)(H,15,16). The zero-order valence-corrected chi connectivity index (χ0v) is 8.48. The van der Waals surface area contributed by atoms with Gasteiger partial charge in [0.1, 0.15) is 0 Å². The number of carbonyl (C=O) groups excluding carboxylic acids is 2. The summed E-state index contributed by atoms with van der Waals surface area (Å²) in [6.07, 6.45) is 0. The third kappa shape index (κ3) is 3.41. The van der Waals surface area contributed by atoms with Crippen LogP contribution in [0.5, 0.6) is 0 Å². The molecule has 0 saturated heterocycles. The number of rotatable bonds is 2. The summed E-state index contributed by atoms with van der Waals surface area (Å²) in [6, 6.07) is 6.09. The van der Waals surface area contributed by atoms with E-state index in [4.69, 9.17) is 5.11 Å². The number of anilines is 2. The SMILES string of the molecule is CC(=O)Nc1ccc(NC(=O)C(=O)O)cc1. The molecule has 0 saturated carbocycles. The van der Waals surface area contributed by atoms with E-state index in [2.05, 4.69) is 10.6 Å². The van der Waals surface area contributed by atoms with Gasteiger partial charge >= 0.3 is 11.9 Å². The van der Waals surface area contributed by atoms with Crippen molar-refractivity contribution >= 4 is 29.2 Å². The second-order valence-corrected chi connectivity index (χ2v) is 3.02. The third-order valence-corrected chi connectivity index (χ3v) is 1.66. The molecule has 1 aromatic carbocycles. The van der Waals surface area contributed by atoms with Crippen molar-refractivity contribution in [1.82, 2.24) is 0 Å². The number of carbonyl (C=O) groups is 3. The van der Waals surface area contributed by atoms with Crippen LogP contribution in [0, 0.1) is 0 Å². The molecule has 1 rings (SSSR count). The number of nitrogens with one attached hydrogen (secondary N) is 2. The molecule has 6 heteroatoms. The van der Waals surface area contributed by atoms with Crippen molar-refractivity contribution in [1.29, 1.82) is 0 Å². The van der Waals surface area contributed by atoms with Crippen LogP contribution in [-0.2, 0) is 14.4 Å². The fourth-order valence-corrected chi connectivity index (χ4v) is 1.02. The Bertz CT molecular complexity index is 425. The minimum Gasteiger partial charge on any atom is -0.474 e. The van der Waals surface area contributed by atoms with Gasteiger partial charge in [-0.15, -0.1) is 0 Å². The number of benzene rings is 1. The normalized spacial score (nSPS) is 9.31. The maximum absolute atomic E-state index is 10.8. The number of amides is 2. The van der Waals surface area contributed by atoms with Crippen LogP contribution in [0.2, 0.25) is 0 Å². The van der Waals surface area contributed by atoms with Crippen molar-refractivity contribution in [2.45, 2.75) is 6.92 Å². The van der Waals surface area contributed by atoms with Crippen molar-refractivity contribution in [3.63, 3.8) is 0 Å². The lowest BCUT2D eigenvalue weighted by atomic mass is 10.2. The largest absolute Gasteiger partial charge is 0.474 e. The molecular formula is C10H10N2O4. The van der Waals surface area contributed by atoms with E-state index in [0.29, 0.717) is 11.4 Å². The monoisotopic (exact) mass is 222 g/mol. The first-order valence-corrected chi connectivity index (χ1v) is 4.41. The fourth-order valence-electron chi connectivity index (χ4n) is 1.02. The van der Waals surface area contributed by atoms with Crippen LogP contribution in [-0.4, -0.2) is 22.9 Å². The predicted molar refractivity (Wildman–Crippen MR) is 57.0 cm³/mol. The molecule has 0 fully saturated rings. The molecule has 84 valence electrons. The van der Waals surface area contributed by atoms with Crippen LogP contribution < -0.4 is 10.6 Å². The number of hydrogen-bond donors (Lipinski definition) is 3. The molecule has 0 aromatic heterocycles. The van der Waals surface area contributed by atoms with Gasteiger partial charge in [-0.25, -0.2) is 4.79 Å². The van der Waals surface area contributed by atoms with Crippen LogP contribution in [0.3, 0.4) is 0 Å². The average Bonchev–Trinajstić information content (AvgIpc) is 2.20. The van der Waals surface area contributed by atoms with Crippen LogP contribution in [0.15, 0.2) is 24.3 Å². The Morgan fingerprint density at radius 3 is 1.81 bits per heavy atom. The maximum Gasteiger partial charge on any atom is 0.394 e. The molecule has 0 aliphatic carbocycles. The van der Waals surface area contributed by atoms with Gasteiger partial charge in [-0.1, -0.05) is 0 Å². The molecule has 1 aromatic rings. The second kappa shape index (κ2) is 4.92. The Kier molecular flexibility index (Phi) is 3.60. The molecule has 0 aliphatic heterocycles. The molecule has 0 radical (unpaired) electrons. The Morgan fingerprint density at radius 1 is 1.00 bits per heavy atom. The van der Waals surface area contributed by atoms with Gasteiger partial charge in [0, 0.05) is 18.3 Å². The quantitative estimate of drug-likeness (QED) is 0.641. The van der Waals surface area contributed by atoms with E-state index in [-0.39, 0.29) is 5.91 Å². The highest BCUT2D eigenvalue weighted by molar-refractivity contribution is 6.36. The number of aliphatic carboxylic acids is 1. The molecule has 0 unspecified atom stereocenters. The van der Waals surface area contributed by atoms with E-state index in [0.717, 1.165) is 0 Å². The highest BCUT2D eigenvalue weighted by atomic mass is 16.4. The highest BCUT2D eigenvalue weighted by Crippen LogP contribution is 2.13. The van der Waals surface area contributed by atoms with E-state index in [9.17, 15) is 14.4 Å². The molecular weight excluding hydrogens is 212 g/mol. The van der Waals surface area contributed by atoms with E-state index in [1.165, 1.54) is 19.1 Å². The summed E-state index contributed by atoms with van der Waals surface area (Å²) in [5.41, 5.74) is 0.919. The first kappa shape index (κ1) is 11.7. The lowest BCUT2D eigenvalue weighted by Crippen LogP contribution is -2.21. The minimum atomic E-state index is -1.55. The zero-order valence-electron chi connectivity index (χ0n) is 8.48. The summed E-state index contributed by atoms with van der Waals surface area (Å²) in [6.45, 7) is 1.38. The first-order chi connectivity index (χ1) is 7.49. The highest BCUT2D eigenvalue weighted by Gasteiger charge is 2.10. The molecule has 3 N–H and O–H groups in total. The summed E-state index contributed by atoms with van der Waals surface area (Å²) < 4.78 is 0. The van der Waals surface area contributed by atoms with Gasteiger partial charge in [-0.2, -0.15) is 0 Å². The molecule has 2 amide bonds. The Morgan fingerprint density at radius 2 is 1.44 bits per heavy atom. The lowest BCUT2D eigenvalue weighted by Gasteiger charge is -2.04. The minimum absolute atomic E-state index is 0.206. The van der Waals surface area contributed by atoms with Gasteiger partial charge in [-0.05, 0) is 24.3 Å². The smallest absolute Gasteiger partial charge is 0.394 e. The molecule has 16 heavy (non-hydrogen) atoms. The number of carboxylic acids is 1. The first-order valence-electron chi connectivity index (χ1n) is 4.41. The van der Waals surface area contributed by atoms with Gasteiger partial charge in [0.25, 0.3) is 0 Å². The summed E-state index contributed by atoms with van der Waals surface area (Å²) in [7, 11) is 0. The summed E-state index contributed by atoms with van der Waals surface area (Å²) in [5, 5.41) is 13.1. The Labute approximate surface area is 91.3 Å². The molecule has 0 bridgehead atoms. The summed E-state index contributed by atoms with van der Waals surface area (Å²) >= 11 is 0. The Balaban J connectivity index is 2.68. The lowest BCUT2D eigenvalue weighted by molar-refractivity contribution is -0.147. The van der Waals surface area contributed by atoms with Crippen LogP contribution >= 0.6 is 0 Å². The third-order valence-electron chi connectivity index (χ3n) is 1.66. The predicted octanol–water partition coefficient (Wildman–Crippen LogP) is 0.668. The Hall–Kier alpha value is -2.37. The number of carboxylic acid groups (broad SMARTS) is 1. The van der Waals surface area contributed by atoms with Crippen LogP contribution in [0.25, 0.3) is 0 Å². The van der Waals surface area contributed by atoms with Crippen molar-refractivity contribution in [3.05, 3.63) is 24.3 Å². The summed E-state index contributed by atoms with van der Waals surface area (Å²) in [5.74, 6) is -2.86. The second-order valence-electron chi connectivity index (χ2n) is 3.02. The van der Waals surface area contributed by atoms with Crippen LogP contribution in [0.4, 0.5) is 11.4 Å². The molecule has 0 heterocycles. The van der Waals surface area contributed by atoms with E-state index in [1.54, 1.807) is 12.1 Å². The number of hydrogen-bond acceptors (Lipinski definition) is 3. The van der Waals surface area contributed by atoms with Crippen molar-refractivity contribution in [3.8, 4) is 0 Å². The van der Waals surface area contributed by atoms with Gasteiger partial charge in [0.2, 0.25) is 5.91 Å². The van der Waals surface area contributed by atoms with E-state index < -0.39 is 11.9 Å². The van der Waals surface area contributed by atoms with Crippen molar-refractivity contribution in [2.75, 3.05) is 10.6 Å². The van der Waals surface area contributed by atoms with Crippen molar-refractivity contribution < 1.29 is 19.5 Å². The molecule has 0 aliphatic rings. The van der Waals surface area contributed by atoms with Gasteiger partial charge < -0.3 is 15.7 Å². The average molecular weight is 222 g/mol.